The Kier molecular flexibility index (Phi) is 61.2. The number of aliphatic hydroxyl groups is 1. The highest BCUT2D eigenvalue weighted by Crippen LogP contribution is 2.45. The Balaban J connectivity index is 5.25. The highest BCUT2D eigenvalue weighted by Gasteiger charge is 2.30. The smallest absolute Gasteiger partial charge is 0.462 e. The summed E-state index contributed by atoms with van der Waals surface area (Å²) in [6, 6.07) is 0. The lowest BCUT2D eigenvalue weighted by atomic mass is 9.99. The monoisotopic (exact) mass is 1310 g/mol. The summed E-state index contributed by atoms with van der Waals surface area (Å²) < 4.78 is 68.1. The number of carbonyl (C=O) groups is 4. The Morgan fingerprint density at radius 1 is 0.360 bits per heavy atom. The van der Waals surface area contributed by atoms with E-state index in [1.807, 2.05) is 0 Å². The van der Waals surface area contributed by atoms with Crippen LogP contribution in [0.2, 0.25) is 0 Å². The molecule has 0 aromatic rings. The van der Waals surface area contributed by atoms with Crippen molar-refractivity contribution in [2.75, 3.05) is 39.6 Å². The molecular weight excluding hydrogens is 1170 g/mol. The van der Waals surface area contributed by atoms with E-state index in [1.165, 1.54) is 135 Å². The molecule has 0 aliphatic heterocycles. The van der Waals surface area contributed by atoms with Crippen molar-refractivity contribution >= 4 is 39.5 Å². The molecule has 0 aliphatic rings. The summed E-state index contributed by atoms with van der Waals surface area (Å²) in [5, 5.41) is 10.6. The van der Waals surface area contributed by atoms with E-state index in [1.54, 1.807) is 0 Å². The van der Waals surface area contributed by atoms with Gasteiger partial charge in [-0.1, -0.05) is 284 Å². The van der Waals surface area contributed by atoms with Crippen LogP contribution in [0.1, 0.15) is 336 Å². The number of esters is 4. The summed E-state index contributed by atoms with van der Waals surface area (Å²) >= 11 is 0. The molecule has 3 unspecified atom stereocenters. The molecule has 0 radical (unpaired) electrons. The molecular formula is C70H132O17P2. The fourth-order valence-corrected chi connectivity index (χ4v) is 11.6. The Morgan fingerprint density at radius 3 is 0.955 bits per heavy atom. The quantitative estimate of drug-likeness (QED) is 0.0169. The first-order valence-corrected chi connectivity index (χ1v) is 39.0. The van der Waals surface area contributed by atoms with Crippen LogP contribution in [0.25, 0.3) is 0 Å². The van der Waals surface area contributed by atoms with Crippen molar-refractivity contribution in [2.45, 2.75) is 355 Å². The van der Waals surface area contributed by atoms with Gasteiger partial charge in [0, 0.05) is 25.7 Å². The third kappa shape index (κ3) is 62.7. The van der Waals surface area contributed by atoms with Crippen molar-refractivity contribution in [1.82, 2.24) is 0 Å². The third-order valence-electron chi connectivity index (χ3n) is 16.0. The predicted octanol–water partition coefficient (Wildman–Crippen LogP) is 19.7. The fourth-order valence-electron chi connectivity index (χ4n) is 10.1. The second kappa shape index (κ2) is 63.0. The van der Waals surface area contributed by atoms with Crippen LogP contribution < -0.4 is 0 Å². The lowest BCUT2D eigenvalue weighted by Crippen LogP contribution is -2.30. The van der Waals surface area contributed by atoms with Gasteiger partial charge in [0.25, 0.3) is 0 Å². The summed E-state index contributed by atoms with van der Waals surface area (Å²) in [5.41, 5.74) is 0. The zero-order valence-electron chi connectivity index (χ0n) is 57.0. The predicted molar refractivity (Wildman–Crippen MR) is 358 cm³/mol. The fraction of sp³-hybridized carbons (Fsp3) is 0.886. The van der Waals surface area contributed by atoms with Crippen LogP contribution in [0.3, 0.4) is 0 Å². The molecule has 89 heavy (non-hydrogen) atoms. The highest BCUT2D eigenvalue weighted by atomic mass is 31.2. The Bertz CT molecular complexity index is 1810. The average Bonchev–Trinajstić information content (AvgIpc) is 3.71. The van der Waals surface area contributed by atoms with Crippen LogP contribution in [0.15, 0.2) is 24.3 Å². The number of phosphoric ester groups is 2. The summed E-state index contributed by atoms with van der Waals surface area (Å²) in [6.45, 7) is 7.17. The van der Waals surface area contributed by atoms with Crippen LogP contribution in [0.5, 0.6) is 0 Å². The second-order valence-corrected chi connectivity index (χ2v) is 27.7. The molecule has 3 N–H and O–H groups in total. The molecule has 0 amide bonds. The first kappa shape index (κ1) is 86.5. The number of phosphoric acid groups is 2. The van der Waals surface area contributed by atoms with E-state index in [0.717, 1.165) is 121 Å². The molecule has 0 heterocycles. The van der Waals surface area contributed by atoms with Crippen LogP contribution >= 0.6 is 15.6 Å². The van der Waals surface area contributed by atoms with Crippen molar-refractivity contribution < 1.29 is 80.2 Å². The zero-order valence-corrected chi connectivity index (χ0v) is 58.8. The van der Waals surface area contributed by atoms with Gasteiger partial charge in [0.1, 0.15) is 19.3 Å². The maximum atomic E-state index is 13.0. The first-order chi connectivity index (χ1) is 43.1. The maximum absolute atomic E-state index is 13.0. The van der Waals surface area contributed by atoms with E-state index < -0.39 is 97.5 Å². The van der Waals surface area contributed by atoms with E-state index in [9.17, 15) is 43.2 Å². The summed E-state index contributed by atoms with van der Waals surface area (Å²) in [7, 11) is -9.91. The van der Waals surface area contributed by atoms with E-state index >= 15 is 0 Å². The first-order valence-electron chi connectivity index (χ1n) is 36.0. The van der Waals surface area contributed by atoms with Crippen LogP contribution in [-0.4, -0.2) is 96.7 Å². The molecule has 0 rings (SSSR count). The van der Waals surface area contributed by atoms with Crippen LogP contribution in [0.4, 0.5) is 0 Å². The standard InChI is InChI=1S/C70H132O17P2/c1-6-10-13-16-19-21-23-25-26-28-30-36-41-46-51-56-70(75)87-66(60-81-68(73)54-49-44-39-34-32-31-33-38-42-47-52-63(5)9-4)62-85-89(78,79)83-58-64(71)57-82-88(76,77)84-61-65(59-80-67(72)53-48-43-37-18-15-12-8-3)86-69(74)55-50-45-40-35-29-27-24-22-20-17-14-11-7-2/h21,23,25-26,63-66,71H,6-20,22,24,27-62H2,1-5H3,(H,76,77)(H,78,79)/b23-21-,26-25-/t63?,64-,65+,66+/m0/s1. The molecule has 0 saturated heterocycles. The molecule has 0 saturated carbocycles. The number of unbranched alkanes of at least 4 members (excludes halogenated alkanes) is 36. The number of rotatable bonds is 68. The minimum atomic E-state index is -4.96. The van der Waals surface area contributed by atoms with Crippen molar-refractivity contribution in [3.8, 4) is 0 Å². The lowest BCUT2D eigenvalue weighted by molar-refractivity contribution is -0.161. The Labute approximate surface area is 542 Å². The van der Waals surface area contributed by atoms with Crippen molar-refractivity contribution in [3.63, 3.8) is 0 Å². The number of carbonyl (C=O) groups excluding carboxylic acids is 4. The second-order valence-electron chi connectivity index (χ2n) is 24.8. The summed E-state index contributed by atoms with van der Waals surface area (Å²) in [5.74, 6) is -1.35. The van der Waals surface area contributed by atoms with Gasteiger partial charge in [-0.3, -0.25) is 37.3 Å². The molecule has 0 bridgehead atoms. The number of aliphatic hydroxyl groups excluding tert-OH is 1. The number of ether oxygens (including phenoxy) is 4. The third-order valence-corrected chi connectivity index (χ3v) is 17.9. The largest absolute Gasteiger partial charge is 0.472 e. The number of hydrogen-bond acceptors (Lipinski definition) is 15. The Hall–Kier alpha value is -2.46. The molecule has 0 fully saturated rings. The van der Waals surface area contributed by atoms with Gasteiger partial charge in [0.05, 0.1) is 26.4 Å². The molecule has 0 aromatic carbocycles. The maximum Gasteiger partial charge on any atom is 0.472 e. The molecule has 524 valence electrons. The van der Waals surface area contributed by atoms with E-state index in [0.29, 0.717) is 25.7 Å². The van der Waals surface area contributed by atoms with E-state index in [4.69, 9.17) is 37.0 Å². The van der Waals surface area contributed by atoms with Crippen molar-refractivity contribution in [3.05, 3.63) is 24.3 Å². The zero-order chi connectivity index (χ0) is 65.6. The molecule has 0 spiro atoms. The SMILES string of the molecule is CCCCCC/C=C\C=C/CCCCCCCC(=O)O[C@H](COC(=O)CCCCCCCCCCCCC(C)CC)COP(=O)(O)OC[C@@H](O)COP(=O)(O)OC[C@@H](COC(=O)CCCCCCCCC)OC(=O)CCCCCCCCCCCCCCC. The van der Waals surface area contributed by atoms with Gasteiger partial charge in [0.15, 0.2) is 12.2 Å². The van der Waals surface area contributed by atoms with Gasteiger partial charge in [-0.25, -0.2) is 9.13 Å². The van der Waals surface area contributed by atoms with E-state index in [-0.39, 0.29) is 25.7 Å². The molecule has 17 nitrogen and oxygen atoms in total. The van der Waals surface area contributed by atoms with Gasteiger partial charge in [-0.15, -0.1) is 0 Å². The number of hydrogen-bond donors (Lipinski definition) is 3. The average molecular weight is 1310 g/mol. The van der Waals surface area contributed by atoms with Gasteiger partial charge in [-0.05, 0) is 57.3 Å². The van der Waals surface area contributed by atoms with Crippen LogP contribution in [-0.2, 0) is 65.4 Å². The Morgan fingerprint density at radius 2 is 0.629 bits per heavy atom. The molecule has 19 heteroatoms. The van der Waals surface area contributed by atoms with Crippen LogP contribution in [0, 0.1) is 5.92 Å². The lowest BCUT2D eigenvalue weighted by Gasteiger charge is -2.21. The number of allylic oxidation sites excluding steroid dienone is 4. The highest BCUT2D eigenvalue weighted by molar-refractivity contribution is 7.47. The minimum Gasteiger partial charge on any atom is -0.462 e. The molecule has 0 aliphatic carbocycles. The van der Waals surface area contributed by atoms with Crippen molar-refractivity contribution in [2.24, 2.45) is 5.92 Å². The summed E-state index contributed by atoms with van der Waals surface area (Å²) in [4.78, 5) is 72.4. The van der Waals surface area contributed by atoms with Gasteiger partial charge >= 0.3 is 39.5 Å². The van der Waals surface area contributed by atoms with Gasteiger partial charge in [0.2, 0.25) is 0 Å². The minimum absolute atomic E-state index is 0.0850. The topological polar surface area (TPSA) is 237 Å². The van der Waals surface area contributed by atoms with Crippen molar-refractivity contribution in [1.29, 1.82) is 0 Å². The van der Waals surface area contributed by atoms with Gasteiger partial charge in [-0.2, -0.15) is 0 Å². The molecule has 6 atom stereocenters. The van der Waals surface area contributed by atoms with E-state index in [2.05, 4.69) is 58.9 Å². The van der Waals surface area contributed by atoms with Gasteiger partial charge < -0.3 is 33.8 Å². The molecule has 0 aromatic heterocycles. The normalized spacial score (nSPS) is 14.6. The summed E-state index contributed by atoms with van der Waals surface area (Å²) in [6.07, 6.45) is 52.1.